The van der Waals surface area contributed by atoms with Gasteiger partial charge in [-0.1, -0.05) is 0 Å². The van der Waals surface area contributed by atoms with Crippen LogP contribution in [0.2, 0.25) is 0 Å². The van der Waals surface area contributed by atoms with Gasteiger partial charge >= 0.3 is 0 Å². The Bertz CT molecular complexity index is 917. The molecule has 7 heteroatoms. The van der Waals surface area contributed by atoms with Crippen molar-refractivity contribution in [2.45, 2.75) is 13.5 Å². The van der Waals surface area contributed by atoms with E-state index in [0.717, 1.165) is 29.3 Å². The third-order valence-corrected chi connectivity index (χ3v) is 4.26. The summed E-state index contributed by atoms with van der Waals surface area (Å²) in [5, 5.41) is 10.7. The van der Waals surface area contributed by atoms with Crippen molar-refractivity contribution in [3.05, 3.63) is 75.6 Å². The predicted octanol–water partition coefficient (Wildman–Crippen LogP) is 4.23. The van der Waals surface area contributed by atoms with E-state index in [-0.39, 0.29) is 18.0 Å². The zero-order valence-electron chi connectivity index (χ0n) is 13.4. The molecule has 3 aromatic rings. The topological polar surface area (TPSA) is 46.9 Å². The fourth-order valence-electron chi connectivity index (χ4n) is 2.29. The van der Waals surface area contributed by atoms with Crippen LogP contribution in [-0.2, 0) is 11.3 Å². The number of carbonyl (C=O) groups is 1. The highest BCUT2D eigenvalue weighted by molar-refractivity contribution is 7.08. The molecule has 2 aromatic heterocycles. The van der Waals surface area contributed by atoms with E-state index in [0.29, 0.717) is 5.82 Å². The Labute approximate surface area is 147 Å². The second-order valence-corrected chi connectivity index (χ2v) is 6.23. The lowest BCUT2D eigenvalue weighted by molar-refractivity contribution is -0.111. The molecule has 128 valence electrons. The summed E-state index contributed by atoms with van der Waals surface area (Å²) < 4.78 is 28.6. The van der Waals surface area contributed by atoms with Crippen LogP contribution in [0.3, 0.4) is 0 Å². The molecular formula is C18H15F2N3OS. The van der Waals surface area contributed by atoms with Crippen LogP contribution in [0.4, 0.5) is 14.6 Å². The van der Waals surface area contributed by atoms with Gasteiger partial charge in [-0.25, -0.2) is 13.5 Å². The van der Waals surface area contributed by atoms with Gasteiger partial charge in [-0.15, -0.1) is 0 Å². The molecular weight excluding hydrogens is 344 g/mol. The third kappa shape index (κ3) is 4.19. The minimum Gasteiger partial charge on any atom is -0.307 e. The molecule has 3 rings (SSSR count). The maximum atomic E-state index is 13.8. The smallest absolute Gasteiger partial charge is 0.249 e. The summed E-state index contributed by atoms with van der Waals surface area (Å²) in [7, 11) is 0. The maximum absolute atomic E-state index is 13.8. The van der Waals surface area contributed by atoms with Gasteiger partial charge in [0.1, 0.15) is 17.5 Å². The van der Waals surface area contributed by atoms with E-state index in [9.17, 15) is 13.6 Å². The summed E-state index contributed by atoms with van der Waals surface area (Å²) in [4.78, 5) is 12.1. The number of aromatic nitrogens is 2. The van der Waals surface area contributed by atoms with E-state index < -0.39 is 11.6 Å². The Morgan fingerprint density at radius 1 is 1.36 bits per heavy atom. The van der Waals surface area contributed by atoms with Crippen LogP contribution in [-0.4, -0.2) is 15.7 Å². The molecule has 0 radical (unpaired) electrons. The van der Waals surface area contributed by atoms with Crippen molar-refractivity contribution in [3.63, 3.8) is 0 Å². The number of carbonyl (C=O) groups excluding carboxylic acids is 1. The summed E-state index contributed by atoms with van der Waals surface area (Å²) in [6.45, 7) is 1.80. The first kappa shape index (κ1) is 17.0. The predicted molar refractivity (Wildman–Crippen MR) is 94.4 cm³/mol. The number of rotatable bonds is 5. The quantitative estimate of drug-likeness (QED) is 0.693. The number of nitrogens with zero attached hydrogens (tertiary/aromatic N) is 2. The SMILES string of the molecule is Cc1cnn(Cc2cc(F)ccc2F)c1NC(=O)/C=C/c1ccsc1. The fraction of sp³-hybridized carbons (Fsp3) is 0.111. The van der Waals surface area contributed by atoms with Crippen LogP contribution in [0.15, 0.2) is 47.3 Å². The minimum atomic E-state index is -0.524. The summed E-state index contributed by atoms with van der Waals surface area (Å²) in [6.07, 6.45) is 4.69. The van der Waals surface area contributed by atoms with E-state index >= 15 is 0 Å². The summed E-state index contributed by atoms with van der Waals surface area (Å²) in [5.41, 5.74) is 1.83. The lowest BCUT2D eigenvalue weighted by atomic mass is 10.2. The Morgan fingerprint density at radius 3 is 2.96 bits per heavy atom. The van der Waals surface area contributed by atoms with Crippen molar-refractivity contribution in [3.8, 4) is 0 Å². The van der Waals surface area contributed by atoms with Gasteiger partial charge < -0.3 is 5.32 Å². The second-order valence-electron chi connectivity index (χ2n) is 5.45. The standard InChI is InChI=1S/C18H15F2N3OS/c1-12-9-21-23(10-14-8-15(19)3-4-16(14)20)18(12)22-17(24)5-2-13-6-7-25-11-13/h2-9,11H,10H2,1H3,(H,22,24)/b5-2+. The lowest BCUT2D eigenvalue weighted by Crippen LogP contribution is -2.15. The number of benzene rings is 1. The first-order chi connectivity index (χ1) is 12.0. The Balaban J connectivity index is 1.77. The molecule has 0 aliphatic heterocycles. The molecule has 0 atom stereocenters. The molecule has 4 nitrogen and oxygen atoms in total. The van der Waals surface area contributed by atoms with Crippen molar-refractivity contribution in [2.24, 2.45) is 0 Å². The number of amides is 1. The van der Waals surface area contributed by atoms with Crippen LogP contribution in [0.1, 0.15) is 16.7 Å². The molecule has 2 heterocycles. The summed E-state index contributed by atoms with van der Waals surface area (Å²) >= 11 is 1.54. The molecule has 0 aliphatic rings. The van der Waals surface area contributed by atoms with E-state index in [1.807, 2.05) is 16.8 Å². The van der Waals surface area contributed by atoms with Gasteiger partial charge in [-0.3, -0.25) is 4.79 Å². The van der Waals surface area contributed by atoms with Gasteiger partial charge in [0.05, 0.1) is 12.7 Å². The van der Waals surface area contributed by atoms with Gasteiger partial charge in [0.15, 0.2) is 0 Å². The van der Waals surface area contributed by atoms with Crippen LogP contribution in [0.5, 0.6) is 0 Å². The molecule has 1 aromatic carbocycles. The number of hydrogen-bond donors (Lipinski definition) is 1. The zero-order chi connectivity index (χ0) is 17.8. The molecule has 25 heavy (non-hydrogen) atoms. The largest absolute Gasteiger partial charge is 0.307 e. The van der Waals surface area contributed by atoms with E-state index in [1.165, 1.54) is 10.8 Å². The van der Waals surface area contributed by atoms with Gasteiger partial charge in [-0.05, 0) is 53.6 Å². The number of nitrogens with one attached hydrogen (secondary N) is 1. The highest BCUT2D eigenvalue weighted by Gasteiger charge is 2.12. The molecule has 1 amide bonds. The van der Waals surface area contributed by atoms with Crippen LogP contribution < -0.4 is 5.32 Å². The summed E-state index contributed by atoms with van der Waals surface area (Å²) in [6, 6.07) is 5.15. The maximum Gasteiger partial charge on any atom is 0.249 e. The lowest BCUT2D eigenvalue weighted by Gasteiger charge is -2.10. The van der Waals surface area contributed by atoms with E-state index in [1.54, 1.807) is 30.5 Å². The van der Waals surface area contributed by atoms with Crippen molar-refractivity contribution >= 4 is 29.1 Å². The molecule has 0 unspecified atom stereocenters. The van der Waals surface area contributed by atoms with Crippen molar-refractivity contribution in [1.82, 2.24) is 9.78 Å². The first-order valence-corrected chi connectivity index (χ1v) is 8.45. The third-order valence-electron chi connectivity index (χ3n) is 3.56. The van der Waals surface area contributed by atoms with Gasteiger partial charge in [0, 0.05) is 17.2 Å². The molecule has 0 fully saturated rings. The van der Waals surface area contributed by atoms with Crippen LogP contribution in [0, 0.1) is 18.6 Å². The number of hydrogen-bond acceptors (Lipinski definition) is 3. The molecule has 0 aliphatic carbocycles. The number of anilines is 1. The fourth-order valence-corrected chi connectivity index (χ4v) is 2.92. The monoisotopic (exact) mass is 359 g/mol. The van der Waals surface area contributed by atoms with Gasteiger partial charge in [0.25, 0.3) is 0 Å². The van der Waals surface area contributed by atoms with Gasteiger partial charge in [-0.2, -0.15) is 16.4 Å². The van der Waals surface area contributed by atoms with E-state index in [4.69, 9.17) is 0 Å². The Morgan fingerprint density at radius 2 is 2.20 bits per heavy atom. The highest BCUT2D eigenvalue weighted by atomic mass is 32.1. The average Bonchev–Trinajstić information content (AvgIpc) is 3.21. The van der Waals surface area contributed by atoms with Crippen molar-refractivity contribution < 1.29 is 13.6 Å². The molecule has 0 saturated heterocycles. The molecule has 1 N–H and O–H groups in total. The van der Waals surface area contributed by atoms with Crippen LogP contribution >= 0.6 is 11.3 Å². The number of halogens is 2. The Kier molecular flexibility index (Phi) is 5.04. The Hall–Kier alpha value is -2.80. The van der Waals surface area contributed by atoms with Crippen LogP contribution in [0.25, 0.3) is 6.08 Å². The van der Waals surface area contributed by atoms with E-state index in [2.05, 4.69) is 10.4 Å². The normalized spacial score (nSPS) is 11.2. The minimum absolute atomic E-state index is 0.0152. The first-order valence-electron chi connectivity index (χ1n) is 7.50. The average molecular weight is 359 g/mol. The number of thiophene rings is 1. The highest BCUT2D eigenvalue weighted by Crippen LogP contribution is 2.18. The molecule has 0 spiro atoms. The van der Waals surface area contributed by atoms with Gasteiger partial charge in [0.2, 0.25) is 5.91 Å². The zero-order valence-corrected chi connectivity index (χ0v) is 14.2. The molecule has 0 saturated carbocycles. The van der Waals surface area contributed by atoms with Crippen molar-refractivity contribution in [2.75, 3.05) is 5.32 Å². The summed E-state index contributed by atoms with van der Waals surface area (Å²) in [5.74, 6) is -0.923. The van der Waals surface area contributed by atoms with Crippen molar-refractivity contribution in [1.29, 1.82) is 0 Å². The number of aryl methyl sites for hydroxylation is 1. The molecule has 0 bridgehead atoms. The second kappa shape index (κ2) is 7.40.